The summed E-state index contributed by atoms with van der Waals surface area (Å²) in [7, 11) is 0. The van der Waals surface area contributed by atoms with E-state index in [0.29, 0.717) is 6.17 Å². The molecule has 140 valence electrons. The van der Waals surface area contributed by atoms with Crippen molar-refractivity contribution >= 4 is 6.21 Å². The summed E-state index contributed by atoms with van der Waals surface area (Å²) in [6.45, 7) is 4.13. The van der Waals surface area contributed by atoms with Gasteiger partial charge in [-0.2, -0.15) is 0 Å². The molecule has 0 aromatic rings. The second-order valence-corrected chi connectivity index (χ2v) is 7.02. The molecule has 0 bridgehead atoms. The summed E-state index contributed by atoms with van der Waals surface area (Å²) in [5, 5.41) is 9.04. The van der Waals surface area contributed by atoms with Gasteiger partial charge in [0.1, 0.15) is 6.17 Å². The number of hydrogen-bond donors (Lipinski definition) is 1. The van der Waals surface area contributed by atoms with Gasteiger partial charge in [-0.15, -0.1) is 0 Å². The van der Waals surface area contributed by atoms with Gasteiger partial charge in [-0.3, -0.25) is 9.89 Å². The first-order valence-corrected chi connectivity index (χ1v) is 10.4. The van der Waals surface area contributed by atoms with Gasteiger partial charge in [0.25, 0.3) is 0 Å². The number of unbranched alkanes of at least 4 members (excludes halogenated alkanes) is 10. The first kappa shape index (κ1) is 21.4. The molecule has 0 saturated heterocycles. The van der Waals surface area contributed by atoms with Crippen LogP contribution in [0.4, 0.5) is 0 Å². The van der Waals surface area contributed by atoms with E-state index in [9.17, 15) is 0 Å². The van der Waals surface area contributed by atoms with Gasteiger partial charge in [-0.25, -0.2) is 0 Å². The van der Waals surface area contributed by atoms with Crippen molar-refractivity contribution in [1.82, 2.24) is 4.90 Å². The molecule has 0 amide bonds. The van der Waals surface area contributed by atoms with Gasteiger partial charge in [-0.05, 0) is 32.1 Å². The fourth-order valence-corrected chi connectivity index (χ4v) is 3.40. The van der Waals surface area contributed by atoms with E-state index >= 15 is 0 Å². The summed E-state index contributed by atoms with van der Waals surface area (Å²) in [6, 6.07) is 0. The maximum Gasteiger partial charge on any atom is 0.102 e. The fraction of sp³-hybridized carbons (Fsp3) is 0.857. The third kappa shape index (κ3) is 11.0. The van der Waals surface area contributed by atoms with Crippen LogP contribution in [-0.4, -0.2) is 42.1 Å². The summed E-state index contributed by atoms with van der Waals surface area (Å²) < 4.78 is 0. The maximum atomic E-state index is 9.04. The molecule has 0 aromatic carbocycles. The summed E-state index contributed by atoms with van der Waals surface area (Å²) in [5.41, 5.74) is 0. The average Bonchev–Trinajstić information content (AvgIpc) is 3.03. The lowest BCUT2D eigenvalue weighted by Crippen LogP contribution is -2.32. The first-order chi connectivity index (χ1) is 11.9. The van der Waals surface area contributed by atoms with Crippen LogP contribution in [0.3, 0.4) is 0 Å². The fourth-order valence-electron chi connectivity index (χ4n) is 3.40. The topological polar surface area (TPSA) is 35.8 Å². The molecule has 0 fully saturated rings. The Balaban J connectivity index is 1.79. The second kappa shape index (κ2) is 15.8. The van der Waals surface area contributed by atoms with Crippen molar-refractivity contribution in [2.75, 3.05) is 19.7 Å². The van der Waals surface area contributed by atoms with E-state index in [-0.39, 0.29) is 6.61 Å². The zero-order valence-electron chi connectivity index (χ0n) is 16.0. The molecular formula is C21H40N2O. The van der Waals surface area contributed by atoms with Crippen molar-refractivity contribution in [3.05, 3.63) is 12.2 Å². The average molecular weight is 337 g/mol. The Morgan fingerprint density at radius 2 is 1.58 bits per heavy atom. The predicted molar refractivity (Wildman–Crippen MR) is 106 cm³/mol. The van der Waals surface area contributed by atoms with Gasteiger partial charge in [0.2, 0.25) is 0 Å². The van der Waals surface area contributed by atoms with E-state index in [0.717, 1.165) is 19.5 Å². The van der Waals surface area contributed by atoms with Crippen LogP contribution in [0.2, 0.25) is 0 Å². The smallest absolute Gasteiger partial charge is 0.102 e. The van der Waals surface area contributed by atoms with Crippen LogP contribution in [0.5, 0.6) is 0 Å². The van der Waals surface area contributed by atoms with E-state index < -0.39 is 0 Å². The number of aliphatic imine (C=N–C) groups is 1. The van der Waals surface area contributed by atoms with E-state index in [4.69, 9.17) is 5.11 Å². The predicted octanol–water partition coefficient (Wildman–Crippen LogP) is 5.34. The lowest BCUT2D eigenvalue weighted by molar-refractivity contribution is 0.176. The highest BCUT2D eigenvalue weighted by molar-refractivity contribution is 5.62. The highest BCUT2D eigenvalue weighted by atomic mass is 16.3. The van der Waals surface area contributed by atoms with Gasteiger partial charge >= 0.3 is 0 Å². The Morgan fingerprint density at radius 1 is 0.958 bits per heavy atom. The quantitative estimate of drug-likeness (QED) is 0.305. The Morgan fingerprint density at radius 3 is 2.21 bits per heavy atom. The van der Waals surface area contributed by atoms with Crippen LogP contribution >= 0.6 is 0 Å². The Hall–Kier alpha value is -0.670. The van der Waals surface area contributed by atoms with Crippen molar-refractivity contribution in [3.63, 3.8) is 0 Å². The molecular weight excluding hydrogens is 296 g/mol. The van der Waals surface area contributed by atoms with Crippen LogP contribution in [0.1, 0.15) is 90.4 Å². The molecule has 1 aliphatic rings. The van der Waals surface area contributed by atoms with Gasteiger partial charge in [0.05, 0.1) is 6.61 Å². The molecule has 1 aliphatic heterocycles. The number of aliphatic hydroxyl groups is 1. The number of hydrogen-bond acceptors (Lipinski definition) is 3. The van der Waals surface area contributed by atoms with Crippen molar-refractivity contribution in [3.8, 4) is 0 Å². The van der Waals surface area contributed by atoms with Crippen LogP contribution in [-0.2, 0) is 0 Å². The SMILES string of the molecule is CC/C=C/CCCCCCCCCCCCC1N=CCN1CCO. The minimum absolute atomic E-state index is 0.245. The Kier molecular flexibility index (Phi) is 14.1. The molecule has 0 saturated carbocycles. The summed E-state index contributed by atoms with van der Waals surface area (Å²) in [5.74, 6) is 0. The highest BCUT2D eigenvalue weighted by Crippen LogP contribution is 2.16. The molecule has 1 N–H and O–H groups in total. The molecule has 24 heavy (non-hydrogen) atoms. The van der Waals surface area contributed by atoms with Crippen molar-refractivity contribution in [1.29, 1.82) is 0 Å². The number of nitrogens with zero attached hydrogens (tertiary/aromatic N) is 2. The van der Waals surface area contributed by atoms with E-state index in [1.165, 1.54) is 77.0 Å². The van der Waals surface area contributed by atoms with E-state index in [2.05, 4.69) is 29.0 Å². The Bertz CT molecular complexity index is 328. The lowest BCUT2D eigenvalue weighted by atomic mass is 10.0. The molecule has 0 aliphatic carbocycles. The molecule has 1 atom stereocenters. The number of β-amino-alcohol motifs (C(OH)–C–C–N with tert-alkyl or cyclic N) is 1. The minimum atomic E-state index is 0.245. The van der Waals surface area contributed by atoms with Gasteiger partial charge in [0, 0.05) is 19.3 Å². The molecule has 1 rings (SSSR count). The number of allylic oxidation sites excluding steroid dienone is 2. The van der Waals surface area contributed by atoms with Crippen molar-refractivity contribution in [2.45, 2.75) is 96.6 Å². The normalized spacial score (nSPS) is 18.2. The van der Waals surface area contributed by atoms with Crippen LogP contribution in [0.15, 0.2) is 17.1 Å². The van der Waals surface area contributed by atoms with E-state index in [1.807, 2.05) is 6.21 Å². The number of rotatable bonds is 16. The molecule has 0 aromatic heterocycles. The summed E-state index contributed by atoms with van der Waals surface area (Å²) >= 11 is 0. The molecule has 3 heteroatoms. The third-order valence-corrected chi connectivity index (χ3v) is 4.89. The van der Waals surface area contributed by atoms with Crippen LogP contribution in [0.25, 0.3) is 0 Å². The van der Waals surface area contributed by atoms with Crippen LogP contribution in [0, 0.1) is 0 Å². The summed E-state index contributed by atoms with van der Waals surface area (Å²) in [4.78, 5) is 6.80. The Labute approximate surface area is 150 Å². The van der Waals surface area contributed by atoms with Gasteiger partial charge in [0.15, 0.2) is 0 Å². The van der Waals surface area contributed by atoms with Gasteiger partial charge < -0.3 is 5.11 Å². The monoisotopic (exact) mass is 336 g/mol. The van der Waals surface area contributed by atoms with Crippen molar-refractivity contribution < 1.29 is 5.11 Å². The minimum Gasteiger partial charge on any atom is -0.395 e. The first-order valence-electron chi connectivity index (χ1n) is 10.4. The number of aliphatic hydroxyl groups excluding tert-OH is 1. The van der Waals surface area contributed by atoms with E-state index in [1.54, 1.807) is 0 Å². The van der Waals surface area contributed by atoms with Crippen LogP contribution < -0.4 is 0 Å². The second-order valence-electron chi connectivity index (χ2n) is 7.02. The molecule has 1 unspecified atom stereocenters. The lowest BCUT2D eigenvalue weighted by Gasteiger charge is -2.21. The molecule has 0 radical (unpaired) electrons. The van der Waals surface area contributed by atoms with Gasteiger partial charge in [-0.1, -0.05) is 70.4 Å². The summed E-state index contributed by atoms with van der Waals surface area (Å²) in [6.07, 6.45) is 24.4. The molecule has 0 spiro atoms. The highest BCUT2D eigenvalue weighted by Gasteiger charge is 2.19. The zero-order chi connectivity index (χ0) is 17.3. The third-order valence-electron chi connectivity index (χ3n) is 4.89. The maximum absolute atomic E-state index is 9.04. The molecule has 1 heterocycles. The molecule has 3 nitrogen and oxygen atoms in total. The standard InChI is InChI=1S/C21H40N2O/c1-2-3-4-5-6-7-8-9-10-11-12-13-14-15-16-21-22-17-18-23(21)19-20-24/h3-4,17,21,24H,2,5-16,18-20H2,1H3/b4-3+. The van der Waals surface area contributed by atoms with Crippen molar-refractivity contribution in [2.24, 2.45) is 4.99 Å². The zero-order valence-corrected chi connectivity index (χ0v) is 16.0. The largest absolute Gasteiger partial charge is 0.395 e.